The molecule has 0 aromatic heterocycles. The minimum Gasteiger partial charge on any atom is -0.459 e. The van der Waals surface area contributed by atoms with E-state index >= 15 is 0 Å². The molecule has 3 heteroatoms. The van der Waals surface area contributed by atoms with Crippen LogP contribution in [0.3, 0.4) is 0 Å². The maximum absolute atomic E-state index is 10.9. The van der Waals surface area contributed by atoms with E-state index in [0.29, 0.717) is 12.3 Å². The summed E-state index contributed by atoms with van der Waals surface area (Å²) in [7, 11) is 0. The monoisotopic (exact) mass is 156 g/mol. The molecule has 2 rings (SSSR count). The van der Waals surface area contributed by atoms with Crippen LogP contribution < -0.4 is 0 Å². The molecule has 1 saturated heterocycles. The van der Waals surface area contributed by atoms with Gasteiger partial charge in [0, 0.05) is 0 Å². The summed E-state index contributed by atoms with van der Waals surface area (Å²) in [5, 5.41) is 9.52. The standard InChI is InChI=1S/C8H12O3/c1-4-2-5-3-6(9)11-8(4)7(5)10/h4-5,7-8,10H,2-3H2,1H3. The van der Waals surface area contributed by atoms with Crippen molar-refractivity contribution in [1.82, 2.24) is 0 Å². The minimum absolute atomic E-state index is 0.144. The average molecular weight is 156 g/mol. The lowest BCUT2D eigenvalue weighted by molar-refractivity contribution is -0.165. The van der Waals surface area contributed by atoms with Crippen molar-refractivity contribution in [2.24, 2.45) is 11.8 Å². The smallest absolute Gasteiger partial charge is 0.306 e. The number of aliphatic hydroxyl groups excluding tert-OH is 1. The summed E-state index contributed by atoms with van der Waals surface area (Å²) >= 11 is 0. The normalized spacial score (nSPS) is 49.1. The molecule has 62 valence electrons. The average Bonchev–Trinajstić information content (AvgIpc) is 2.17. The van der Waals surface area contributed by atoms with Gasteiger partial charge in [0.15, 0.2) is 0 Å². The van der Waals surface area contributed by atoms with Gasteiger partial charge in [-0.25, -0.2) is 0 Å². The van der Waals surface area contributed by atoms with Crippen molar-refractivity contribution >= 4 is 5.97 Å². The molecule has 2 bridgehead atoms. The number of carbonyl (C=O) groups is 1. The summed E-state index contributed by atoms with van der Waals surface area (Å²) in [4.78, 5) is 10.9. The van der Waals surface area contributed by atoms with Gasteiger partial charge in [0.25, 0.3) is 0 Å². The maximum atomic E-state index is 10.9. The second-order valence-electron chi connectivity index (χ2n) is 3.62. The first-order chi connectivity index (χ1) is 5.18. The first kappa shape index (κ1) is 7.10. The molecular weight excluding hydrogens is 144 g/mol. The van der Waals surface area contributed by atoms with Gasteiger partial charge >= 0.3 is 5.97 Å². The molecule has 4 unspecified atom stereocenters. The van der Waals surface area contributed by atoms with Gasteiger partial charge in [-0.05, 0) is 18.3 Å². The molecule has 2 aliphatic rings. The zero-order chi connectivity index (χ0) is 8.01. The summed E-state index contributed by atoms with van der Waals surface area (Å²) in [5.41, 5.74) is 0. The summed E-state index contributed by atoms with van der Waals surface area (Å²) in [6, 6.07) is 0. The highest BCUT2D eigenvalue weighted by molar-refractivity contribution is 5.71. The lowest BCUT2D eigenvalue weighted by atomic mass is 10.00. The third kappa shape index (κ3) is 0.948. The fourth-order valence-corrected chi connectivity index (χ4v) is 2.16. The number of hydrogen-bond acceptors (Lipinski definition) is 3. The molecule has 1 saturated carbocycles. The molecule has 1 aliphatic carbocycles. The first-order valence-electron chi connectivity index (χ1n) is 4.06. The Balaban J connectivity index is 2.20. The molecule has 2 fully saturated rings. The quantitative estimate of drug-likeness (QED) is 0.514. The van der Waals surface area contributed by atoms with E-state index in [1.54, 1.807) is 0 Å². The van der Waals surface area contributed by atoms with Gasteiger partial charge in [-0.3, -0.25) is 4.79 Å². The summed E-state index contributed by atoms with van der Waals surface area (Å²) in [5.74, 6) is 0.354. The van der Waals surface area contributed by atoms with E-state index in [0.717, 1.165) is 6.42 Å². The van der Waals surface area contributed by atoms with Crippen molar-refractivity contribution in [3.05, 3.63) is 0 Å². The number of ether oxygens (including phenoxy) is 1. The van der Waals surface area contributed by atoms with Gasteiger partial charge in [-0.2, -0.15) is 0 Å². The number of rotatable bonds is 0. The summed E-state index contributed by atoms with van der Waals surface area (Å²) in [6.07, 6.45) is 0.712. The van der Waals surface area contributed by atoms with Crippen LogP contribution in [-0.2, 0) is 9.53 Å². The van der Waals surface area contributed by atoms with E-state index in [1.807, 2.05) is 6.92 Å². The van der Waals surface area contributed by atoms with E-state index < -0.39 is 6.10 Å². The molecule has 1 aliphatic heterocycles. The number of aliphatic hydroxyl groups is 1. The maximum Gasteiger partial charge on any atom is 0.306 e. The molecule has 0 aromatic rings. The molecule has 0 radical (unpaired) electrons. The van der Waals surface area contributed by atoms with Gasteiger partial charge in [0.05, 0.1) is 12.5 Å². The van der Waals surface area contributed by atoms with Crippen LogP contribution in [0.15, 0.2) is 0 Å². The van der Waals surface area contributed by atoms with E-state index in [2.05, 4.69) is 0 Å². The molecule has 0 amide bonds. The lowest BCUT2D eigenvalue weighted by Gasteiger charge is -2.25. The van der Waals surface area contributed by atoms with Gasteiger partial charge in [0.2, 0.25) is 0 Å². The number of hydrogen-bond donors (Lipinski definition) is 1. The SMILES string of the molecule is CC1CC2CC(=O)OC1C2O. The molecule has 1 N–H and O–H groups in total. The molecule has 0 aromatic carbocycles. The zero-order valence-corrected chi connectivity index (χ0v) is 6.49. The predicted molar refractivity (Wildman–Crippen MR) is 37.8 cm³/mol. The Labute approximate surface area is 65.4 Å². The van der Waals surface area contributed by atoms with Crippen molar-refractivity contribution in [1.29, 1.82) is 0 Å². The van der Waals surface area contributed by atoms with Crippen LogP contribution in [0.25, 0.3) is 0 Å². The third-order valence-electron chi connectivity index (χ3n) is 2.75. The number of esters is 1. The van der Waals surface area contributed by atoms with Crippen molar-refractivity contribution in [3.8, 4) is 0 Å². The highest BCUT2D eigenvalue weighted by atomic mass is 16.6. The van der Waals surface area contributed by atoms with Crippen molar-refractivity contribution in [2.75, 3.05) is 0 Å². The fourth-order valence-electron chi connectivity index (χ4n) is 2.16. The van der Waals surface area contributed by atoms with Crippen LogP contribution in [0.5, 0.6) is 0 Å². The van der Waals surface area contributed by atoms with Gasteiger partial charge < -0.3 is 9.84 Å². The van der Waals surface area contributed by atoms with Crippen molar-refractivity contribution in [2.45, 2.75) is 32.0 Å². The van der Waals surface area contributed by atoms with Crippen molar-refractivity contribution < 1.29 is 14.6 Å². The van der Waals surface area contributed by atoms with E-state index in [9.17, 15) is 9.90 Å². The van der Waals surface area contributed by atoms with Crippen LogP contribution in [0.2, 0.25) is 0 Å². The highest BCUT2D eigenvalue weighted by Crippen LogP contribution is 2.39. The topological polar surface area (TPSA) is 46.5 Å². The van der Waals surface area contributed by atoms with Crippen LogP contribution in [-0.4, -0.2) is 23.3 Å². The first-order valence-corrected chi connectivity index (χ1v) is 4.06. The highest BCUT2D eigenvalue weighted by Gasteiger charge is 2.47. The summed E-state index contributed by atoms with van der Waals surface area (Å²) < 4.78 is 5.01. The van der Waals surface area contributed by atoms with Gasteiger partial charge in [-0.1, -0.05) is 6.92 Å². The Morgan fingerprint density at radius 1 is 1.64 bits per heavy atom. The Hall–Kier alpha value is -0.570. The minimum atomic E-state index is -0.400. The summed E-state index contributed by atoms with van der Waals surface area (Å²) in [6.45, 7) is 2.02. The van der Waals surface area contributed by atoms with E-state index in [4.69, 9.17) is 4.74 Å². The molecule has 4 atom stereocenters. The van der Waals surface area contributed by atoms with Gasteiger partial charge in [0.1, 0.15) is 6.10 Å². The van der Waals surface area contributed by atoms with Crippen LogP contribution >= 0.6 is 0 Å². The largest absolute Gasteiger partial charge is 0.459 e. The Morgan fingerprint density at radius 2 is 2.36 bits per heavy atom. The van der Waals surface area contributed by atoms with E-state index in [1.165, 1.54) is 0 Å². The fraction of sp³-hybridized carbons (Fsp3) is 0.875. The molecule has 0 spiro atoms. The third-order valence-corrected chi connectivity index (χ3v) is 2.75. The number of fused-ring (bicyclic) bond motifs is 2. The van der Waals surface area contributed by atoms with Crippen LogP contribution in [0, 0.1) is 11.8 Å². The Kier molecular flexibility index (Phi) is 1.42. The van der Waals surface area contributed by atoms with Gasteiger partial charge in [-0.15, -0.1) is 0 Å². The van der Waals surface area contributed by atoms with Crippen LogP contribution in [0.4, 0.5) is 0 Å². The predicted octanol–water partition coefficient (Wildman–Crippen LogP) is 0.319. The second kappa shape index (κ2) is 2.21. The van der Waals surface area contributed by atoms with Crippen molar-refractivity contribution in [3.63, 3.8) is 0 Å². The molecule has 3 nitrogen and oxygen atoms in total. The lowest BCUT2D eigenvalue weighted by Crippen LogP contribution is -2.38. The Morgan fingerprint density at radius 3 is 3.00 bits per heavy atom. The second-order valence-corrected chi connectivity index (χ2v) is 3.62. The molecule has 11 heavy (non-hydrogen) atoms. The zero-order valence-electron chi connectivity index (χ0n) is 6.49. The van der Waals surface area contributed by atoms with E-state index in [-0.39, 0.29) is 18.0 Å². The molecular formula is C8H12O3. The molecule has 1 heterocycles. The Bertz CT molecular complexity index is 190. The number of carbonyl (C=O) groups excluding carboxylic acids is 1. The van der Waals surface area contributed by atoms with Crippen LogP contribution in [0.1, 0.15) is 19.8 Å².